The summed E-state index contributed by atoms with van der Waals surface area (Å²) in [5.74, 6) is -0.432. The highest BCUT2D eigenvalue weighted by atomic mass is 16.7. The first-order chi connectivity index (χ1) is 9.69. The Hall–Kier alpha value is -1.55. The Kier molecular flexibility index (Phi) is 7.73. The summed E-state index contributed by atoms with van der Waals surface area (Å²) in [5.41, 5.74) is 8.45. The molecule has 112 valence electrons. The van der Waals surface area contributed by atoms with Gasteiger partial charge in [-0.25, -0.2) is 0 Å². The predicted molar refractivity (Wildman–Crippen MR) is 71.7 cm³/mol. The molecule has 1 aromatic carbocycles. The molecule has 0 unspecified atom stereocenters. The highest BCUT2D eigenvalue weighted by Gasteiger charge is 2.19. The maximum Gasteiger partial charge on any atom is 0.245 e. The summed E-state index contributed by atoms with van der Waals surface area (Å²) in [7, 11) is 0. The van der Waals surface area contributed by atoms with Crippen molar-refractivity contribution in [1.82, 2.24) is 16.1 Å². The van der Waals surface area contributed by atoms with Crippen LogP contribution in [0.2, 0.25) is 0 Å². The van der Waals surface area contributed by atoms with Crippen LogP contribution in [-0.4, -0.2) is 42.4 Å². The number of nitrogens with one attached hydrogen (secondary N) is 3. The second kappa shape index (κ2) is 9.37. The van der Waals surface area contributed by atoms with E-state index < -0.39 is 24.9 Å². The molecule has 0 radical (unpaired) electrons. The van der Waals surface area contributed by atoms with Gasteiger partial charge in [0.2, 0.25) is 5.91 Å². The first kappa shape index (κ1) is 16.5. The second-order valence-corrected chi connectivity index (χ2v) is 3.90. The summed E-state index contributed by atoms with van der Waals surface area (Å²) in [5, 5.41) is 22.8. The van der Waals surface area contributed by atoms with Crippen molar-refractivity contribution in [2.45, 2.75) is 12.3 Å². The predicted octanol–water partition coefficient (Wildman–Crippen LogP) is -1.86. The smallest absolute Gasteiger partial charge is 0.245 e. The van der Waals surface area contributed by atoms with Gasteiger partial charge in [-0.3, -0.25) is 14.9 Å². The standard InChI is InChI=1S/C12H20N4O4/c13-6-10(18)15-8-20-16-11(12(19)14-7-17)9-4-2-1-3-5-9/h1-5,10-11,15-18H,6-8,13H2,(H,14,19)/t10-,11-/m0/s1. The molecule has 0 heterocycles. The molecule has 0 saturated carbocycles. The number of carbonyl (C=O) groups excluding carboxylic acids is 1. The van der Waals surface area contributed by atoms with Crippen molar-refractivity contribution in [1.29, 1.82) is 0 Å². The Morgan fingerprint density at radius 1 is 1.35 bits per heavy atom. The van der Waals surface area contributed by atoms with Crippen molar-refractivity contribution in [3.63, 3.8) is 0 Å². The van der Waals surface area contributed by atoms with Gasteiger partial charge in [-0.1, -0.05) is 30.3 Å². The quantitative estimate of drug-likeness (QED) is 0.178. The topological polar surface area (TPSA) is 129 Å². The molecule has 0 bridgehead atoms. The van der Waals surface area contributed by atoms with Crippen molar-refractivity contribution in [2.24, 2.45) is 5.73 Å². The van der Waals surface area contributed by atoms with Crippen molar-refractivity contribution < 1.29 is 19.8 Å². The largest absolute Gasteiger partial charge is 0.377 e. The van der Waals surface area contributed by atoms with Crippen molar-refractivity contribution in [3.8, 4) is 0 Å². The lowest BCUT2D eigenvalue weighted by Crippen LogP contribution is -2.42. The molecule has 0 aliphatic rings. The number of nitrogens with two attached hydrogens (primary N) is 1. The molecule has 2 atom stereocenters. The average molecular weight is 284 g/mol. The van der Waals surface area contributed by atoms with Gasteiger partial charge in [-0.15, -0.1) is 0 Å². The minimum atomic E-state index is -0.877. The molecule has 0 aliphatic heterocycles. The van der Waals surface area contributed by atoms with E-state index in [0.29, 0.717) is 5.56 Å². The van der Waals surface area contributed by atoms with E-state index >= 15 is 0 Å². The van der Waals surface area contributed by atoms with Crippen LogP contribution in [0.3, 0.4) is 0 Å². The van der Waals surface area contributed by atoms with E-state index in [1.807, 2.05) is 6.07 Å². The third kappa shape index (κ3) is 5.61. The van der Waals surface area contributed by atoms with E-state index in [4.69, 9.17) is 15.7 Å². The van der Waals surface area contributed by atoms with Crippen LogP contribution in [0.4, 0.5) is 0 Å². The monoisotopic (exact) mass is 284 g/mol. The first-order valence-electron chi connectivity index (χ1n) is 6.11. The van der Waals surface area contributed by atoms with Crippen molar-refractivity contribution in [3.05, 3.63) is 35.9 Å². The first-order valence-corrected chi connectivity index (χ1v) is 6.11. The van der Waals surface area contributed by atoms with Crippen LogP contribution in [0.5, 0.6) is 0 Å². The van der Waals surface area contributed by atoms with Gasteiger partial charge in [0.05, 0.1) is 0 Å². The molecule has 0 aromatic heterocycles. The summed E-state index contributed by atoms with van der Waals surface area (Å²) in [4.78, 5) is 16.9. The van der Waals surface area contributed by atoms with Gasteiger partial charge >= 0.3 is 0 Å². The lowest BCUT2D eigenvalue weighted by molar-refractivity contribution is -0.129. The number of amides is 1. The van der Waals surface area contributed by atoms with Gasteiger partial charge in [0.25, 0.3) is 0 Å². The van der Waals surface area contributed by atoms with Crippen LogP contribution >= 0.6 is 0 Å². The molecule has 8 heteroatoms. The molecule has 0 spiro atoms. The summed E-state index contributed by atoms with van der Waals surface area (Å²) in [6, 6.07) is 8.12. The number of benzene rings is 1. The summed E-state index contributed by atoms with van der Waals surface area (Å²) < 4.78 is 0. The highest BCUT2D eigenvalue weighted by molar-refractivity contribution is 5.82. The van der Waals surface area contributed by atoms with E-state index in [1.165, 1.54) is 0 Å². The van der Waals surface area contributed by atoms with Gasteiger partial charge < -0.3 is 21.3 Å². The molecule has 1 amide bonds. The Balaban J connectivity index is 2.54. The minimum absolute atomic E-state index is 0.0336. The fraction of sp³-hybridized carbons (Fsp3) is 0.417. The van der Waals surface area contributed by atoms with Crippen LogP contribution in [0.1, 0.15) is 11.6 Å². The highest BCUT2D eigenvalue weighted by Crippen LogP contribution is 2.12. The third-order valence-corrected chi connectivity index (χ3v) is 2.46. The molecule has 1 aromatic rings. The fourth-order valence-corrected chi connectivity index (χ4v) is 1.44. The molecule has 0 aliphatic carbocycles. The van der Waals surface area contributed by atoms with E-state index in [1.54, 1.807) is 24.3 Å². The number of hydrogen-bond acceptors (Lipinski definition) is 7. The Bertz CT molecular complexity index is 390. The van der Waals surface area contributed by atoms with Gasteiger partial charge in [-0.05, 0) is 5.56 Å². The zero-order chi connectivity index (χ0) is 14.8. The maximum absolute atomic E-state index is 11.8. The van der Waals surface area contributed by atoms with Crippen LogP contribution in [0.25, 0.3) is 0 Å². The van der Waals surface area contributed by atoms with Crippen LogP contribution in [0, 0.1) is 0 Å². The number of hydrogen-bond donors (Lipinski definition) is 6. The molecular formula is C12H20N4O4. The maximum atomic E-state index is 11.8. The Morgan fingerprint density at radius 3 is 2.65 bits per heavy atom. The van der Waals surface area contributed by atoms with E-state index in [-0.39, 0.29) is 13.3 Å². The van der Waals surface area contributed by atoms with E-state index in [0.717, 1.165) is 0 Å². The second-order valence-electron chi connectivity index (χ2n) is 3.90. The summed E-state index contributed by atoms with van der Waals surface area (Å²) >= 11 is 0. The van der Waals surface area contributed by atoms with E-state index in [9.17, 15) is 9.90 Å². The Labute approximate surface area is 116 Å². The number of carbonyl (C=O) groups is 1. The van der Waals surface area contributed by atoms with Crippen LogP contribution in [-0.2, 0) is 9.63 Å². The van der Waals surface area contributed by atoms with Crippen molar-refractivity contribution in [2.75, 3.05) is 20.0 Å². The lowest BCUT2D eigenvalue weighted by Gasteiger charge is -2.18. The number of rotatable bonds is 9. The van der Waals surface area contributed by atoms with E-state index in [2.05, 4.69) is 16.1 Å². The number of aliphatic hydroxyl groups excluding tert-OH is 2. The molecule has 7 N–H and O–H groups in total. The Morgan fingerprint density at radius 2 is 2.05 bits per heavy atom. The van der Waals surface area contributed by atoms with Crippen molar-refractivity contribution >= 4 is 5.91 Å². The summed E-state index contributed by atoms with van der Waals surface area (Å²) in [6.45, 7) is -0.446. The fourth-order valence-electron chi connectivity index (χ4n) is 1.44. The molecule has 0 saturated heterocycles. The van der Waals surface area contributed by atoms with Gasteiger partial charge in [-0.2, -0.15) is 5.48 Å². The third-order valence-electron chi connectivity index (χ3n) is 2.46. The number of aliphatic hydroxyl groups is 2. The molecule has 20 heavy (non-hydrogen) atoms. The van der Waals surface area contributed by atoms with Gasteiger partial charge in [0, 0.05) is 6.54 Å². The summed E-state index contributed by atoms with van der Waals surface area (Å²) in [6.07, 6.45) is -0.877. The van der Waals surface area contributed by atoms with Crippen LogP contribution < -0.4 is 21.8 Å². The van der Waals surface area contributed by atoms with Gasteiger partial charge in [0.1, 0.15) is 25.7 Å². The molecular weight excluding hydrogens is 264 g/mol. The normalized spacial score (nSPS) is 13.8. The SMILES string of the molecule is NC[C@H](O)NCON[C@H](C(=O)NCO)c1ccccc1. The molecule has 8 nitrogen and oxygen atoms in total. The van der Waals surface area contributed by atoms with Gasteiger partial charge in [0.15, 0.2) is 0 Å². The molecule has 1 rings (SSSR count). The zero-order valence-corrected chi connectivity index (χ0v) is 11.0. The average Bonchev–Trinajstić information content (AvgIpc) is 2.48. The molecule has 0 fully saturated rings. The zero-order valence-electron chi connectivity index (χ0n) is 11.0. The minimum Gasteiger partial charge on any atom is -0.377 e. The van der Waals surface area contributed by atoms with Crippen LogP contribution in [0.15, 0.2) is 30.3 Å². The number of hydroxylamine groups is 1. The lowest BCUT2D eigenvalue weighted by atomic mass is 10.1.